The number of hydrogen-bond donors (Lipinski definition) is 1. The molecule has 1 saturated heterocycles. The summed E-state index contributed by atoms with van der Waals surface area (Å²) in [5, 5.41) is 0. The molecule has 0 spiro atoms. The zero-order valence-corrected chi connectivity index (χ0v) is 15.2. The van der Waals surface area contributed by atoms with Crippen LogP contribution >= 0.6 is 15.9 Å². The Bertz CT molecular complexity index is 764. The molecular formula is C15H19BrN4O2S. The lowest BCUT2D eigenvalue weighted by Gasteiger charge is -2.39. The molecule has 8 heteroatoms. The highest BCUT2D eigenvalue weighted by molar-refractivity contribution is 9.10. The van der Waals surface area contributed by atoms with Crippen molar-refractivity contribution in [3.8, 4) is 0 Å². The number of aromatic amines is 1. The summed E-state index contributed by atoms with van der Waals surface area (Å²) in [4.78, 5) is 9.98. The Labute approximate surface area is 144 Å². The molecule has 1 aliphatic heterocycles. The SMILES string of the molecule is CCN1CCN(S(=O)(=O)c2ccccc2Br)CC1c1ncc[nH]1. The third-order valence-electron chi connectivity index (χ3n) is 4.15. The quantitative estimate of drug-likeness (QED) is 0.856. The second-order valence-corrected chi connectivity index (χ2v) is 8.17. The van der Waals surface area contributed by atoms with Gasteiger partial charge in [0, 0.05) is 36.5 Å². The van der Waals surface area contributed by atoms with Gasteiger partial charge in [0.2, 0.25) is 10.0 Å². The molecule has 23 heavy (non-hydrogen) atoms. The predicted octanol–water partition coefficient (Wildman–Crippen LogP) is 2.24. The summed E-state index contributed by atoms with van der Waals surface area (Å²) in [6, 6.07) is 6.88. The van der Waals surface area contributed by atoms with Crippen LogP contribution in [0, 0.1) is 0 Å². The first-order chi connectivity index (χ1) is 11.0. The van der Waals surface area contributed by atoms with E-state index >= 15 is 0 Å². The van der Waals surface area contributed by atoms with E-state index in [1.54, 1.807) is 34.9 Å². The fourth-order valence-corrected chi connectivity index (χ4v) is 5.31. The van der Waals surface area contributed by atoms with Crippen molar-refractivity contribution >= 4 is 26.0 Å². The Morgan fingerprint density at radius 2 is 2.13 bits per heavy atom. The number of rotatable bonds is 4. The lowest BCUT2D eigenvalue weighted by atomic mass is 10.2. The van der Waals surface area contributed by atoms with Gasteiger partial charge in [-0.15, -0.1) is 0 Å². The standard InChI is InChI=1S/C15H19BrN4O2S/c1-2-19-9-10-20(11-13(19)15-17-7-8-18-15)23(21,22)14-6-4-3-5-12(14)16/h3-8,13H,2,9-11H2,1H3,(H,17,18). The maximum Gasteiger partial charge on any atom is 0.244 e. The molecule has 2 aromatic rings. The van der Waals surface area contributed by atoms with Gasteiger partial charge in [0.15, 0.2) is 0 Å². The van der Waals surface area contributed by atoms with Crippen LogP contribution in [-0.4, -0.2) is 53.8 Å². The molecule has 2 heterocycles. The van der Waals surface area contributed by atoms with E-state index in [2.05, 4.69) is 37.7 Å². The number of imidazole rings is 1. The lowest BCUT2D eigenvalue weighted by molar-refractivity contribution is 0.119. The Balaban J connectivity index is 1.91. The van der Waals surface area contributed by atoms with Crippen molar-refractivity contribution in [2.45, 2.75) is 17.9 Å². The molecule has 1 fully saturated rings. The van der Waals surface area contributed by atoms with E-state index in [1.165, 1.54) is 0 Å². The van der Waals surface area contributed by atoms with Crippen molar-refractivity contribution in [3.63, 3.8) is 0 Å². The monoisotopic (exact) mass is 398 g/mol. The fraction of sp³-hybridized carbons (Fsp3) is 0.400. The molecule has 0 bridgehead atoms. The van der Waals surface area contributed by atoms with E-state index in [1.807, 2.05) is 6.07 Å². The molecule has 6 nitrogen and oxygen atoms in total. The molecule has 124 valence electrons. The molecule has 1 aromatic heterocycles. The number of benzene rings is 1. The van der Waals surface area contributed by atoms with Gasteiger partial charge >= 0.3 is 0 Å². The second kappa shape index (κ2) is 6.72. The maximum atomic E-state index is 13.0. The average molecular weight is 399 g/mol. The number of nitrogens with one attached hydrogen (secondary N) is 1. The van der Waals surface area contributed by atoms with Crippen LogP contribution in [0.4, 0.5) is 0 Å². The zero-order chi connectivity index (χ0) is 16.4. The third kappa shape index (κ3) is 3.21. The van der Waals surface area contributed by atoms with Gasteiger partial charge in [-0.1, -0.05) is 19.1 Å². The first kappa shape index (κ1) is 16.6. The van der Waals surface area contributed by atoms with E-state index in [4.69, 9.17) is 0 Å². The maximum absolute atomic E-state index is 13.0. The van der Waals surface area contributed by atoms with Gasteiger partial charge in [0.25, 0.3) is 0 Å². The van der Waals surface area contributed by atoms with Crippen LogP contribution in [0.2, 0.25) is 0 Å². The number of H-pyrrole nitrogens is 1. The summed E-state index contributed by atoms with van der Waals surface area (Å²) in [5.41, 5.74) is 0. The van der Waals surface area contributed by atoms with Crippen LogP contribution in [0.25, 0.3) is 0 Å². The molecule has 0 amide bonds. The van der Waals surface area contributed by atoms with Gasteiger partial charge in [-0.25, -0.2) is 13.4 Å². The summed E-state index contributed by atoms with van der Waals surface area (Å²) < 4.78 is 28.1. The van der Waals surface area contributed by atoms with Crippen molar-refractivity contribution < 1.29 is 8.42 Å². The molecule has 3 rings (SSSR count). The minimum absolute atomic E-state index is 0.0546. The number of nitrogens with zero attached hydrogens (tertiary/aromatic N) is 3. The Kier molecular flexibility index (Phi) is 4.86. The van der Waals surface area contributed by atoms with Gasteiger partial charge in [-0.05, 0) is 34.6 Å². The average Bonchev–Trinajstić information content (AvgIpc) is 3.08. The molecule has 1 N–H and O–H groups in total. The number of aromatic nitrogens is 2. The van der Waals surface area contributed by atoms with E-state index in [0.29, 0.717) is 29.0 Å². The Morgan fingerprint density at radius 3 is 2.78 bits per heavy atom. The zero-order valence-electron chi connectivity index (χ0n) is 12.8. The van der Waals surface area contributed by atoms with E-state index in [0.717, 1.165) is 12.4 Å². The van der Waals surface area contributed by atoms with Crippen molar-refractivity contribution in [3.05, 3.63) is 47.0 Å². The largest absolute Gasteiger partial charge is 0.347 e. The number of likely N-dealkylation sites (N-methyl/N-ethyl adjacent to an activating group) is 1. The van der Waals surface area contributed by atoms with Crippen molar-refractivity contribution in [2.24, 2.45) is 0 Å². The van der Waals surface area contributed by atoms with Crippen molar-refractivity contribution in [1.29, 1.82) is 0 Å². The van der Waals surface area contributed by atoms with Crippen LogP contribution in [0.1, 0.15) is 18.8 Å². The molecule has 0 radical (unpaired) electrons. The number of piperazine rings is 1. The van der Waals surface area contributed by atoms with Gasteiger partial charge in [0.1, 0.15) is 5.82 Å². The normalized spacial score (nSPS) is 20.7. The smallest absolute Gasteiger partial charge is 0.244 e. The van der Waals surface area contributed by atoms with Crippen LogP contribution < -0.4 is 0 Å². The van der Waals surface area contributed by atoms with E-state index in [9.17, 15) is 8.42 Å². The Hall–Kier alpha value is -1.22. The van der Waals surface area contributed by atoms with Crippen molar-refractivity contribution in [2.75, 3.05) is 26.2 Å². The fourth-order valence-electron chi connectivity index (χ4n) is 2.90. The van der Waals surface area contributed by atoms with Gasteiger partial charge in [-0.2, -0.15) is 4.31 Å². The number of hydrogen-bond acceptors (Lipinski definition) is 4. The topological polar surface area (TPSA) is 69.3 Å². The summed E-state index contributed by atoms with van der Waals surface area (Å²) >= 11 is 3.34. The molecular weight excluding hydrogens is 380 g/mol. The number of sulfonamides is 1. The predicted molar refractivity (Wildman–Crippen MR) is 91.5 cm³/mol. The molecule has 0 saturated carbocycles. The summed E-state index contributed by atoms with van der Waals surface area (Å²) in [7, 11) is -3.53. The van der Waals surface area contributed by atoms with Crippen LogP contribution in [-0.2, 0) is 10.0 Å². The minimum atomic E-state index is -3.53. The summed E-state index contributed by atoms with van der Waals surface area (Å²) in [6.45, 7) is 4.49. The molecule has 0 aliphatic carbocycles. The molecule has 1 aromatic carbocycles. The van der Waals surface area contributed by atoms with E-state index < -0.39 is 10.0 Å². The first-order valence-electron chi connectivity index (χ1n) is 7.52. The molecule has 1 aliphatic rings. The van der Waals surface area contributed by atoms with Gasteiger partial charge in [-0.3, -0.25) is 4.90 Å². The summed E-state index contributed by atoms with van der Waals surface area (Å²) in [6.07, 6.45) is 3.47. The lowest BCUT2D eigenvalue weighted by Crippen LogP contribution is -2.50. The highest BCUT2D eigenvalue weighted by Crippen LogP contribution is 2.29. The van der Waals surface area contributed by atoms with E-state index in [-0.39, 0.29) is 6.04 Å². The Morgan fingerprint density at radius 1 is 1.35 bits per heavy atom. The number of halogens is 1. The summed E-state index contributed by atoms with van der Waals surface area (Å²) in [5.74, 6) is 0.805. The van der Waals surface area contributed by atoms with Gasteiger partial charge in [0.05, 0.1) is 10.9 Å². The van der Waals surface area contributed by atoms with Gasteiger partial charge < -0.3 is 4.98 Å². The van der Waals surface area contributed by atoms with Crippen LogP contribution in [0.3, 0.4) is 0 Å². The minimum Gasteiger partial charge on any atom is -0.347 e. The highest BCUT2D eigenvalue weighted by Gasteiger charge is 2.36. The molecule has 1 unspecified atom stereocenters. The third-order valence-corrected chi connectivity index (χ3v) is 7.03. The first-order valence-corrected chi connectivity index (χ1v) is 9.75. The molecule has 1 atom stereocenters. The second-order valence-electron chi connectivity index (χ2n) is 5.41. The van der Waals surface area contributed by atoms with Crippen molar-refractivity contribution in [1.82, 2.24) is 19.2 Å². The van der Waals surface area contributed by atoms with Crippen LogP contribution in [0.15, 0.2) is 46.0 Å². The van der Waals surface area contributed by atoms with Crippen LogP contribution in [0.5, 0.6) is 0 Å². The highest BCUT2D eigenvalue weighted by atomic mass is 79.9.